The molecule has 0 saturated carbocycles. The first-order valence-corrected chi connectivity index (χ1v) is 7.91. The van der Waals surface area contributed by atoms with Crippen molar-refractivity contribution in [3.8, 4) is 5.75 Å². The van der Waals surface area contributed by atoms with Gasteiger partial charge in [0, 0.05) is 6.54 Å². The van der Waals surface area contributed by atoms with Crippen LogP contribution in [0.5, 0.6) is 5.75 Å². The molecule has 1 aromatic carbocycles. The number of primary sulfonamides is 1. The van der Waals surface area contributed by atoms with Crippen molar-refractivity contribution >= 4 is 10.0 Å². The van der Waals surface area contributed by atoms with Gasteiger partial charge >= 0.3 is 0 Å². The summed E-state index contributed by atoms with van der Waals surface area (Å²) in [4.78, 5) is 2.25. The number of nitrogens with two attached hydrogens (primary N) is 1. The second-order valence-electron chi connectivity index (χ2n) is 4.37. The maximum atomic E-state index is 11.5. The zero-order valence-electron chi connectivity index (χ0n) is 11.7. The Balaban J connectivity index is 2.79. The zero-order valence-corrected chi connectivity index (χ0v) is 12.5. The predicted octanol–water partition coefficient (Wildman–Crippen LogP) is 1.36. The molecule has 0 fully saturated rings. The zero-order chi connectivity index (χ0) is 14.5. The van der Waals surface area contributed by atoms with E-state index in [-0.39, 0.29) is 4.90 Å². The molecule has 19 heavy (non-hydrogen) atoms. The summed E-state index contributed by atoms with van der Waals surface area (Å²) in [5.41, 5.74) is 0.833. The number of nitrogens with zero attached hydrogens (tertiary/aromatic N) is 1. The highest BCUT2D eigenvalue weighted by Gasteiger charge is 2.15. The van der Waals surface area contributed by atoms with Crippen LogP contribution < -0.4 is 9.88 Å². The Morgan fingerprint density at radius 3 is 2.42 bits per heavy atom. The molecule has 5 nitrogen and oxygen atoms in total. The van der Waals surface area contributed by atoms with Gasteiger partial charge in [-0.2, -0.15) is 0 Å². The fraction of sp³-hybridized carbons (Fsp3) is 0.538. The van der Waals surface area contributed by atoms with Gasteiger partial charge in [-0.15, -0.1) is 0 Å². The minimum atomic E-state index is -3.76. The van der Waals surface area contributed by atoms with Gasteiger partial charge in [-0.25, -0.2) is 13.6 Å². The molecule has 0 aliphatic rings. The SMILES string of the molecule is CCN(CC)CCOc1ccc(C)cc1S(N)(=O)=O. The van der Waals surface area contributed by atoms with Crippen molar-refractivity contribution in [2.75, 3.05) is 26.2 Å². The third-order valence-electron chi connectivity index (χ3n) is 2.97. The van der Waals surface area contributed by atoms with Gasteiger partial charge < -0.3 is 9.64 Å². The number of likely N-dealkylation sites (N-methyl/N-ethyl adjacent to an activating group) is 1. The molecule has 0 heterocycles. The Kier molecular flexibility index (Phi) is 5.78. The van der Waals surface area contributed by atoms with Crippen LogP contribution in [0.15, 0.2) is 23.1 Å². The van der Waals surface area contributed by atoms with Crippen LogP contribution in [0.3, 0.4) is 0 Å². The number of hydrogen-bond acceptors (Lipinski definition) is 4. The van der Waals surface area contributed by atoms with E-state index in [1.165, 1.54) is 6.07 Å². The topological polar surface area (TPSA) is 72.6 Å². The fourth-order valence-electron chi connectivity index (χ4n) is 1.78. The first kappa shape index (κ1) is 15.9. The van der Waals surface area contributed by atoms with E-state index in [0.29, 0.717) is 12.4 Å². The van der Waals surface area contributed by atoms with E-state index < -0.39 is 10.0 Å². The molecule has 0 amide bonds. The average Bonchev–Trinajstić information content (AvgIpc) is 2.35. The maximum Gasteiger partial charge on any atom is 0.241 e. The quantitative estimate of drug-likeness (QED) is 0.821. The van der Waals surface area contributed by atoms with Gasteiger partial charge in [-0.05, 0) is 37.7 Å². The van der Waals surface area contributed by atoms with Gasteiger partial charge in [-0.3, -0.25) is 0 Å². The van der Waals surface area contributed by atoms with E-state index in [1.807, 2.05) is 6.92 Å². The maximum absolute atomic E-state index is 11.5. The molecule has 0 atom stereocenters. The van der Waals surface area contributed by atoms with E-state index >= 15 is 0 Å². The molecule has 0 spiro atoms. The minimum absolute atomic E-state index is 0.0482. The second kappa shape index (κ2) is 6.88. The molecule has 2 N–H and O–H groups in total. The van der Waals surface area contributed by atoms with E-state index in [2.05, 4.69) is 18.7 Å². The summed E-state index contributed by atoms with van der Waals surface area (Å²) in [5.74, 6) is 0.320. The van der Waals surface area contributed by atoms with Crippen LogP contribution in [0.25, 0.3) is 0 Å². The molecule has 0 aliphatic heterocycles. The Morgan fingerprint density at radius 1 is 1.26 bits per heavy atom. The summed E-state index contributed by atoms with van der Waals surface area (Å²) in [6, 6.07) is 4.99. The lowest BCUT2D eigenvalue weighted by Gasteiger charge is -2.18. The highest BCUT2D eigenvalue weighted by molar-refractivity contribution is 7.89. The van der Waals surface area contributed by atoms with E-state index in [0.717, 1.165) is 25.2 Å². The Morgan fingerprint density at radius 2 is 1.89 bits per heavy atom. The van der Waals surface area contributed by atoms with Crippen LogP contribution in [-0.2, 0) is 10.0 Å². The number of sulfonamides is 1. The van der Waals surface area contributed by atoms with Crippen molar-refractivity contribution in [2.24, 2.45) is 5.14 Å². The van der Waals surface area contributed by atoms with Crippen molar-refractivity contribution in [1.29, 1.82) is 0 Å². The van der Waals surface area contributed by atoms with Crippen molar-refractivity contribution in [3.05, 3.63) is 23.8 Å². The van der Waals surface area contributed by atoms with E-state index in [9.17, 15) is 8.42 Å². The summed E-state index contributed by atoms with van der Waals surface area (Å²) >= 11 is 0. The minimum Gasteiger partial charge on any atom is -0.491 e. The van der Waals surface area contributed by atoms with Gasteiger partial charge in [-0.1, -0.05) is 19.9 Å². The number of benzene rings is 1. The van der Waals surface area contributed by atoms with Crippen molar-refractivity contribution in [1.82, 2.24) is 4.90 Å². The number of aryl methyl sites for hydroxylation is 1. The largest absolute Gasteiger partial charge is 0.491 e. The normalized spacial score (nSPS) is 11.8. The molecule has 1 rings (SSSR count). The van der Waals surface area contributed by atoms with Gasteiger partial charge in [0.15, 0.2) is 0 Å². The lowest BCUT2D eigenvalue weighted by molar-refractivity contribution is 0.219. The third kappa shape index (κ3) is 4.81. The predicted molar refractivity (Wildman–Crippen MR) is 75.8 cm³/mol. The van der Waals surface area contributed by atoms with Crippen LogP contribution in [0.4, 0.5) is 0 Å². The average molecular weight is 286 g/mol. The second-order valence-corrected chi connectivity index (χ2v) is 5.90. The van der Waals surface area contributed by atoms with Crippen LogP contribution in [-0.4, -0.2) is 39.6 Å². The van der Waals surface area contributed by atoms with Crippen LogP contribution in [0, 0.1) is 6.92 Å². The van der Waals surface area contributed by atoms with Crippen molar-refractivity contribution in [3.63, 3.8) is 0 Å². The summed E-state index contributed by atoms with van der Waals surface area (Å²) in [6.45, 7) is 9.04. The molecule has 0 saturated heterocycles. The molecule has 0 aromatic heterocycles. The van der Waals surface area contributed by atoms with Crippen LogP contribution in [0.1, 0.15) is 19.4 Å². The summed E-state index contributed by atoms with van der Waals surface area (Å²) in [5, 5.41) is 5.19. The van der Waals surface area contributed by atoms with Crippen LogP contribution in [0.2, 0.25) is 0 Å². The summed E-state index contributed by atoms with van der Waals surface area (Å²) in [7, 11) is -3.76. The summed E-state index contributed by atoms with van der Waals surface area (Å²) < 4.78 is 28.6. The molecule has 0 aliphatic carbocycles. The molecule has 1 aromatic rings. The molecular weight excluding hydrogens is 264 g/mol. The molecule has 6 heteroatoms. The lowest BCUT2D eigenvalue weighted by atomic mass is 10.2. The Bertz CT molecular complexity index is 511. The van der Waals surface area contributed by atoms with Gasteiger partial charge in [0.1, 0.15) is 17.3 Å². The molecule has 108 valence electrons. The molecule has 0 radical (unpaired) electrons. The van der Waals surface area contributed by atoms with E-state index in [1.54, 1.807) is 12.1 Å². The third-order valence-corrected chi connectivity index (χ3v) is 3.90. The number of ether oxygens (including phenoxy) is 1. The highest BCUT2D eigenvalue weighted by atomic mass is 32.2. The molecule has 0 bridgehead atoms. The van der Waals surface area contributed by atoms with Gasteiger partial charge in [0.05, 0.1) is 0 Å². The van der Waals surface area contributed by atoms with Gasteiger partial charge in [0.2, 0.25) is 10.0 Å². The Hall–Kier alpha value is -1.11. The monoisotopic (exact) mass is 286 g/mol. The first-order chi connectivity index (χ1) is 8.88. The lowest BCUT2D eigenvalue weighted by Crippen LogP contribution is -2.28. The van der Waals surface area contributed by atoms with Crippen molar-refractivity contribution < 1.29 is 13.2 Å². The first-order valence-electron chi connectivity index (χ1n) is 6.37. The van der Waals surface area contributed by atoms with Crippen LogP contribution >= 0.6 is 0 Å². The fourth-order valence-corrected chi connectivity index (χ4v) is 2.54. The molecule has 0 unspecified atom stereocenters. The van der Waals surface area contributed by atoms with E-state index in [4.69, 9.17) is 9.88 Å². The number of hydrogen-bond donors (Lipinski definition) is 1. The standard InChI is InChI=1S/C13H22N2O3S/c1-4-15(5-2)8-9-18-12-7-6-11(3)10-13(12)19(14,16)17/h6-7,10H,4-5,8-9H2,1-3H3,(H2,14,16,17). The van der Waals surface area contributed by atoms with Crippen molar-refractivity contribution in [2.45, 2.75) is 25.7 Å². The summed E-state index contributed by atoms with van der Waals surface area (Å²) in [6.07, 6.45) is 0. The number of rotatable bonds is 7. The Labute approximate surface area is 115 Å². The molecular formula is C13H22N2O3S. The highest BCUT2D eigenvalue weighted by Crippen LogP contribution is 2.23. The smallest absolute Gasteiger partial charge is 0.241 e. The van der Waals surface area contributed by atoms with Gasteiger partial charge in [0.25, 0.3) is 0 Å².